The Hall–Kier alpha value is -4.50. The van der Waals surface area contributed by atoms with Crippen LogP contribution in [-0.4, -0.2) is 58.7 Å². The summed E-state index contributed by atoms with van der Waals surface area (Å²) in [6, 6.07) is 21.1. The first kappa shape index (κ1) is 25.6. The van der Waals surface area contributed by atoms with Crippen LogP contribution in [0.3, 0.4) is 0 Å². The Morgan fingerprint density at radius 2 is 1.65 bits per heavy atom. The predicted octanol–water partition coefficient (Wildman–Crippen LogP) is 4.16. The lowest BCUT2D eigenvalue weighted by atomic mass is 9.95. The van der Waals surface area contributed by atoms with Crippen molar-refractivity contribution in [3.63, 3.8) is 0 Å². The van der Waals surface area contributed by atoms with Gasteiger partial charge >= 0.3 is 0 Å². The van der Waals surface area contributed by atoms with E-state index in [-0.39, 0.29) is 23.6 Å². The van der Waals surface area contributed by atoms with Crippen LogP contribution in [0.2, 0.25) is 0 Å². The van der Waals surface area contributed by atoms with Gasteiger partial charge in [-0.05, 0) is 61.6 Å². The van der Waals surface area contributed by atoms with Crippen LogP contribution in [-0.2, 0) is 16.2 Å². The maximum Gasteiger partial charge on any atom is 0.295 e. The molecule has 0 aliphatic carbocycles. The second-order valence-corrected chi connectivity index (χ2v) is 8.94. The van der Waals surface area contributed by atoms with Crippen molar-refractivity contribution in [1.29, 1.82) is 0 Å². The van der Waals surface area contributed by atoms with Crippen LogP contribution in [0.4, 0.5) is 5.69 Å². The molecule has 1 unspecified atom stereocenters. The van der Waals surface area contributed by atoms with E-state index in [0.29, 0.717) is 30.0 Å². The number of carbonyl (C=O) groups excluding carboxylic acids is 2. The number of Topliss-reactive ketones (excluding diaryl/α,β-unsaturated/α-hetero) is 1. The van der Waals surface area contributed by atoms with Crippen molar-refractivity contribution >= 4 is 23.1 Å². The van der Waals surface area contributed by atoms with E-state index in [1.165, 1.54) is 29.2 Å². The zero-order valence-electron chi connectivity index (χ0n) is 20.5. The number of likely N-dealkylation sites (tertiary alicyclic amines) is 1. The van der Waals surface area contributed by atoms with E-state index in [4.69, 9.17) is 4.74 Å². The highest BCUT2D eigenvalue weighted by atomic mass is 16.6. The number of nitrogens with zero attached hydrogens (tertiary/aromatic N) is 3. The molecule has 1 aliphatic rings. The molecule has 0 aromatic heterocycles. The molecule has 0 saturated carbocycles. The first-order valence-corrected chi connectivity index (χ1v) is 11.7. The van der Waals surface area contributed by atoms with Crippen molar-refractivity contribution in [2.75, 3.05) is 27.2 Å². The number of ketones is 1. The van der Waals surface area contributed by atoms with Gasteiger partial charge in [-0.15, -0.1) is 0 Å². The fourth-order valence-electron chi connectivity index (χ4n) is 4.15. The number of carbonyl (C=O) groups is 2. The monoisotopic (exact) mass is 501 g/mol. The topological polar surface area (TPSA) is 113 Å². The van der Waals surface area contributed by atoms with E-state index in [1.807, 2.05) is 49.3 Å². The molecule has 190 valence electrons. The molecule has 1 saturated heterocycles. The fourth-order valence-corrected chi connectivity index (χ4v) is 4.15. The third-order valence-corrected chi connectivity index (χ3v) is 6.12. The standard InChI is InChI=1S/C28H27N3O6/c1-29(2)16-17-30-25(20-8-12-22(13-9-20)31(35)36)24(27(33)28(30)34)26(32)21-10-14-23(15-11-21)37-18-19-6-4-3-5-7-19/h3-15,25,32H,16-18H2,1-2H3/b26-24+. The Balaban J connectivity index is 1.67. The molecular weight excluding hydrogens is 474 g/mol. The largest absolute Gasteiger partial charge is 0.507 e. The maximum atomic E-state index is 13.1. The first-order chi connectivity index (χ1) is 17.8. The number of nitro groups is 1. The molecule has 9 heteroatoms. The molecular formula is C28H27N3O6. The van der Waals surface area contributed by atoms with E-state index in [2.05, 4.69) is 0 Å². The number of nitro benzene ring substituents is 1. The van der Waals surface area contributed by atoms with Gasteiger partial charge in [0, 0.05) is 30.8 Å². The maximum absolute atomic E-state index is 13.1. The molecule has 0 bridgehead atoms. The van der Waals surface area contributed by atoms with E-state index in [9.17, 15) is 24.8 Å². The molecule has 0 spiro atoms. The van der Waals surface area contributed by atoms with Crippen molar-refractivity contribution in [1.82, 2.24) is 9.80 Å². The van der Waals surface area contributed by atoms with Gasteiger partial charge in [0.1, 0.15) is 18.1 Å². The number of likely N-dealkylation sites (N-methyl/N-ethyl adjacent to an activating group) is 1. The van der Waals surface area contributed by atoms with Gasteiger partial charge in [-0.1, -0.05) is 30.3 Å². The fraction of sp³-hybridized carbons (Fsp3) is 0.214. The molecule has 4 rings (SSSR count). The second kappa shape index (κ2) is 11.0. The molecule has 0 radical (unpaired) electrons. The minimum atomic E-state index is -0.880. The van der Waals surface area contributed by atoms with Crippen molar-refractivity contribution in [2.45, 2.75) is 12.6 Å². The summed E-state index contributed by atoms with van der Waals surface area (Å²) >= 11 is 0. The van der Waals surface area contributed by atoms with E-state index >= 15 is 0 Å². The number of amides is 1. The molecule has 1 N–H and O–H groups in total. The Morgan fingerprint density at radius 1 is 1.00 bits per heavy atom. The summed E-state index contributed by atoms with van der Waals surface area (Å²) in [7, 11) is 3.69. The van der Waals surface area contributed by atoms with Crippen molar-refractivity contribution in [3.8, 4) is 5.75 Å². The third kappa shape index (κ3) is 5.68. The van der Waals surface area contributed by atoms with Crippen LogP contribution in [0.15, 0.2) is 84.4 Å². The molecule has 1 aliphatic heterocycles. The lowest BCUT2D eigenvalue weighted by Crippen LogP contribution is -2.35. The molecule has 37 heavy (non-hydrogen) atoms. The summed E-state index contributed by atoms with van der Waals surface area (Å²) < 4.78 is 5.80. The van der Waals surface area contributed by atoms with Gasteiger partial charge in [-0.3, -0.25) is 19.7 Å². The summed E-state index contributed by atoms with van der Waals surface area (Å²) in [6.45, 7) is 1.11. The summed E-state index contributed by atoms with van der Waals surface area (Å²) in [6.07, 6.45) is 0. The molecule has 3 aromatic rings. The Labute approximate surface area is 214 Å². The van der Waals surface area contributed by atoms with Gasteiger partial charge in [0.2, 0.25) is 0 Å². The van der Waals surface area contributed by atoms with Gasteiger partial charge in [0.05, 0.1) is 16.5 Å². The Bertz CT molecular complexity index is 1320. The average molecular weight is 502 g/mol. The zero-order valence-corrected chi connectivity index (χ0v) is 20.5. The summed E-state index contributed by atoms with van der Waals surface area (Å²) in [5.74, 6) is -1.26. The summed E-state index contributed by atoms with van der Waals surface area (Å²) in [5, 5.41) is 22.3. The van der Waals surface area contributed by atoms with E-state index in [1.54, 1.807) is 24.3 Å². The first-order valence-electron chi connectivity index (χ1n) is 11.7. The minimum absolute atomic E-state index is 0.0597. The van der Waals surface area contributed by atoms with Crippen molar-refractivity contribution < 1.29 is 24.4 Å². The molecule has 9 nitrogen and oxygen atoms in total. The highest BCUT2D eigenvalue weighted by Crippen LogP contribution is 2.39. The van der Waals surface area contributed by atoms with Crippen LogP contribution >= 0.6 is 0 Å². The van der Waals surface area contributed by atoms with Gasteiger partial charge in [0.25, 0.3) is 17.4 Å². The predicted molar refractivity (Wildman–Crippen MR) is 138 cm³/mol. The number of benzene rings is 3. The van der Waals surface area contributed by atoms with Gasteiger partial charge in [-0.25, -0.2) is 0 Å². The smallest absolute Gasteiger partial charge is 0.295 e. The lowest BCUT2D eigenvalue weighted by Gasteiger charge is -2.26. The number of aliphatic hydroxyl groups is 1. The Morgan fingerprint density at radius 3 is 2.24 bits per heavy atom. The highest BCUT2D eigenvalue weighted by molar-refractivity contribution is 6.46. The number of non-ortho nitro benzene ring substituents is 1. The summed E-state index contributed by atoms with van der Waals surface area (Å²) in [5.41, 5.74) is 1.68. The lowest BCUT2D eigenvalue weighted by molar-refractivity contribution is -0.384. The zero-order chi connectivity index (χ0) is 26.5. The van der Waals surface area contributed by atoms with E-state index in [0.717, 1.165) is 5.56 Å². The number of rotatable bonds is 9. The second-order valence-electron chi connectivity index (χ2n) is 8.94. The third-order valence-electron chi connectivity index (χ3n) is 6.12. The normalized spacial score (nSPS) is 16.8. The molecule has 1 fully saturated rings. The van der Waals surface area contributed by atoms with Gasteiger partial charge < -0.3 is 19.6 Å². The van der Waals surface area contributed by atoms with Crippen LogP contribution in [0.25, 0.3) is 5.76 Å². The van der Waals surface area contributed by atoms with Crippen LogP contribution in [0, 0.1) is 10.1 Å². The number of hydrogen-bond donors (Lipinski definition) is 1. The van der Waals surface area contributed by atoms with Gasteiger partial charge in [0.15, 0.2) is 0 Å². The van der Waals surface area contributed by atoms with Crippen LogP contribution in [0.5, 0.6) is 5.75 Å². The number of hydrogen-bond acceptors (Lipinski definition) is 7. The molecule has 1 heterocycles. The number of aliphatic hydroxyl groups excluding tert-OH is 1. The number of ether oxygens (including phenoxy) is 1. The van der Waals surface area contributed by atoms with Crippen molar-refractivity contribution in [3.05, 3.63) is 111 Å². The SMILES string of the molecule is CN(C)CCN1C(=O)C(=O)/C(=C(/O)c2ccc(OCc3ccccc3)cc2)C1c1ccc([N+](=O)[O-])cc1. The highest BCUT2D eigenvalue weighted by Gasteiger charge is 2.46. The van der Waals surface area contributed by atoms with Gasteiger partial charge in [-0.2, -0.15) is 0 Å². The quantitative estimate of drug-likeness (QED) is 0.154. The Kier molecular flexibility index (Phi) is 7.64. The molecule has 3 aromatic carbocycles. The summed E-state index contributed by atoms with van der Waals surface area (Å²) in [4.78, 5) is 40.0. The van der Waals surface area contributed by atoms with Crippen molar-refractivity contribution in [2.24, 2.45) is 0 Å². The molecule has 1 amide bonds. The van der Waals surface area contributed by atoms with Crippen LogP contribution < -0.4 is 4.74 Å². The van der Waals surface area contributed by atoms with E-state index < -0.39 is 22.7 Å². The molecule has 1 atom stereocenters. The minimum Gasteiger partial charge on any atom is -0.507 e. The van der Waals surface area contributed by atoms with Crippen LogP contribution in [0.1, 0.15) is 22.7 Å². The average Bonchev–Trinajstić information content (AvgIpc) is 3.16.